The number of hydrogen-bond acceptors (Lipinski definition) is 5. The summed E-state index contributed by atoms with van der Waals surface area (Å²) >= 11 is 0. The van der Waals surface area contributed by atoms with Crippen LogP contribution >= 0.6 is 0 Å². The molecule has 29 heavy (non-hydrogen) atoms. The first-order valence-electron chi connectivity index (χ1n) is 10.1. The van der Waals surface area contributed by atoms with Crippen LogP contribution in [0.3, 0.4) is 0 Å². The van der Waals surface area contributed by atoms with Gasteiger partial charge in [0.1, 0.15) is 11.9 Å². The molecule has 2 aliphatic rings. The Balaban J connectivity index is 1.26. The van der Waals surface area contributed by atoms with Gasteiger partial charge in [-0.3, -0.25) is 9.59 Å². The van der Waals surface area contributed by atoms with Crippen LogP contribution in [0.5, 0.6) is 11.6 Å². The van der Waals surface area contributed by atoms with Crippen LogP contribution in [-0.4, -0.2) is 47.5 Å². The molecule has 1 unspecified atom stereocenters. The fourth-order valence-electron chi connectivity index (χ4n) is 3.71. The molecule has 3 heterocycles. The van der Waals surface area contributed by atoms with Gasteiger partial charge in [0.05, 0.1) is 11.9 Å². The predicted molar refractivity (Wildman–Crippen MR) is 108 cm³/mol. The van der Waals surface area contributed by atoms with Crippen LogP contribution in [0.15, 0.2) is 48.7 Å². The number of pyridine rings is 1. The Morgan fingerprint density at radius 2 is 1.86 bits per heavy atom. The monoisotopic (exact) mass is 395 g/mol. The maximum absolute atomic E-state index is 12.6. The number of para-hydroxylation sites is 1. The van der Waals surface area contributed by atoms with Gasteiger partial charge < -0.3 is 19.7 Å². The highest BCUT2D eigenvalue weighted by Gasteiger charge is 2.32. The highest BCUT2D eigenvalue weighted by molar-refractivity contribution is 5.92. The van der Waals surface area contributed by atoms with Crippen molar-refractivity contribution in [3.8, 4) is 11.6 Å². The lowest BCUT2D eigenvalue weighted by Gasteiger charge is -2.32. The maximum Gasteiger partial charge on any atom is 0.251 e. The molecule has 1 aromatic carbocycles. The zero-order valence-electron chi connectivity index (χ0n) is 16.3. The van der Waals surface area contributed by atoms with E-state index < -0.39 is 0 Å². The van der Waals surface area contributed by atoms with E-state index in [-0.39, 0.29) is 23.8 Å². The minimum Gasteiger partial charge on any atom is -0.439 e. The molecule has 0 saturated carbocycles. The van der Waals surface area contributed by atoms with E-state index in [9.17, 15) is 9.59 Å². The Kier molecular flexibility index (Phi) is 6.05. The molecule has 1 N–H and O–H groups in total. The Morgan fingerprint density at radius 3 is 2.52 bits per heavy atom. The van der Waals surface area contributed by atoms with Gasteiger partial charge >= 0.3 is 0 Å². The quantitative estimate of drug-likeness (QED) is 0.841. The van der Waals surface area contributed by atoms with Crippen LogP contribution in [0.25, 0.3) is 0 Å². The third-order valence-corrected chi connectivity index (χ3v) is 5.35. The highest BCUT2D eigenvalue weighted by atomic mass is 16.5. The van der Waals surface area contributed by atoms with Gasteiger partial charge in [-0.1, -0.05) is 18.2 Å². The van der Waals surface area contributed by atoms with E-state index in [4.69, 9.17) is 9.47 Å². The van der Waals surface area contributed by atoms with Crippen molar-refractivity contribution < 1.29 is 19.1 Å². The van der Waals surface area contributed by atoms with Crippen molar-refractivity contribution in [2.24, 2.45) is 5.92 Å². The van der Waals surface area contributed by atoms with E-state index in [1.54, 1.807) is 18.3 Å². The van der Waals surface area contributed by atoms with Crippen molar-refractivity contribution in [3.63, 3.8) is 0 Å². The number of nitrogens with one attached hydrogen (secondary N) is 1. The van der Waals surface area contributed by atoms with Gasteiger partial charge in [0.15, 0.2) is 0 Å². The van der Waals surface area contributed by atoms with Gasteiger partial charge in [0, 0.05) is 31.7 Å². The molecule has 1 atom stereocenters. The van der Waals surface area contributed by atoms with Gasteiger partial charge in [-0.25, -0.2) is 4.98 Å². The zero-order chi connectivity index (χ0) is 20.1. The molecule has 0 aliphatic carbocycles. The second kappa shape index (κ2) is 9.05. The molecular weight excluding hydrogens is 370 g/mol. The molecule has 0 bridgehead atoms. The van der Waals surface area contributed by atoms with Crippen LogP contribution in [-0.2, 0) is 14.3 Å². The summed E-state index contributed by atoms with van der Waals surface area (Å²) in [5.74, 6) is 1.10. The minimum atomic E-state index is -0.289. The number of likely N-dealkylation sites (tertiary alicyclic amines) is 1. The minimum absolute atomic E-state index is 0.0345. The van der Waals surface area contributed by atoms with E-state index in [0.717, 1.165) is 12.8 Å². The summed E-state index contributed by atoms with van der Waals surface area (Å²) in [7, 11) is 0. The normalized spacial score (nSPS) is 19.7. The number of benzene rings is 1. The smallest absolute Gasteiger partial charge is 0.251 e. The van der Waals surface area contributed by atoms with Crippen molar-refractivity contribution in [2.45, 2.75) is 31.8 Å². The number of anilines is 1. The van der Waals surface area contributed by atoms with Crippen LogP contribution in [0.2, 0.25) is 0 Å². The first kappa shape index (κ1) is 19.4. The van der Waals surface area contributed by atoms with Gasteiger partial charge in [0.25, 0.3) is 5.91 Å². The molecule has 7 heteroatoms. The lowest BCUT2D eigenvalue weighted by molar-refractivity contribution is -0.143. The molecule has 4 rings (SSSR count). The summed E-state index contributed by atoms with van der Waals surface area (Å²) < 4.78 is 11.1. The Bertz CT molecular complexity index is 827. The summed E-state index contributed by atoms with van der Waals surface area (Å²) in [6.07, 6.45) is 4.36. The van der Waals surface area contributed by atoms with E-state index in [1.807, 2.05) is 35.2 Å². The number of amides is 2. The Hall–Kier alpha value is -2.93. The van der Waals surface area contributed by atoms with Crippen molar-refractivity contribution in [2.75, 3.05) is 25.0 Å². The lowest BCUT2D eigenvalue weighted by atomic mass is 9.95. The average Bonchev–Trinajstić information content (AvgIpc) is 3.30. The third kappa shape index (κ3) is 4.92. The van der Waals surface area contributed by atoms with Crippen LogP contribution in [0.4, 0.5) is 5.69 Å². The molecule has 0 radical (unpaired) electrons. The van der Waals surface area contributed by atoms with E-state index >= 15 is 0 Å². The Labute approximate surface area is 170 Å². The zero-order valence-corrected chi connectivity index (χ0v) is 16.3. The number of carbonyl (C=O) groups is 2. The lowest BCUT2D eigenvalue weighted by Crippen LogP contribution is -2.45. The highest BCUT2D eigenvalue weighted by Crippen LogP contribution is 2.24. The topological polar surface area (TPSA) is 80.8 Å². The number of rotatable bonds is 5. The second-order valence-electron chi connectivity index (χ2n) is 7.39. The Morgan fingerprint density at radius 1 is 1.07 bits per heavy atom. The molecule has 7 nitrogen and oxygen atoms in total. The summed E-state index contributed by atoms with van der Waals surface area (Å²) in [6.45, 7) is 1.86. The van der Waals surface area contributed by atoms with Gasteiger partial charge in [0.2, 0.25) is 11.8 Å². The standard InChI is InChI=1S/C22H25N3O4/c26-21(16-10-12-25(13-11-16)22(27)19-7-4-14-28-19)24-17-8-9-20(23-15-17)29-18-5-2-1-3-6-18/h1-3,5-6,8-9,15-16,19H,4,7,10-14H2,(H,24,26). The summed E-state index contributed by atoms with van der Waals surface area (Å²) in [5.41, 5.74) is 0.633. The SMILES string of the molecule is O=C(Nc1ccc(Oc2ccccc2)nc1)C1CCN(C(=O)C2CCCO2)CC1. The molecule has 0 spiro atoms. The molecule has 2 aliphatic heterocycles. The number of hydrogen-bond donors (Lipinski definition) is 1. The van der Waals surface area contributed by atoms with E-state index in [1.165, 1.54) is 0 Å². The number of nitrogens with zero attached hydrogens (tertiary/aromatic N) is 2. The number of aromatic nitrogens is 1. The summed E-state index contributed by atoms with van der Waals surface area (Å²) in [4.78, 5) is 31.1. The van der Waals surface area contributed by atoms with E-state index in [2.05, 4.69) is 10.3 Å². The van der Waals surface area contributed by atoms with Crippen LogP contribution in [0.1, 0.15) is 25.7 Å². The van der Waals surface area contributed by atoms with Crippen molar-refractivity contribution in [1.82, 2.24) is 9.88 Å². The number of ether oxygens (including phenoxy) is 2. The third-order valence-electron chi connectivity index (χ3n) is 5.35. The molecule has 2 saturated heterocycles. The largest absolute Gasteiger partial charge is 0.439 e. The maximum atomic E-state index is 12.6. The molecule has 1 aromatic heterocycles. The summed E-state index contributed by atoms with van der Waals surface area (Å²) in [5, 5.41) is 2.92. The molecular formula is C22H25N3O4. The number of carbonyl (C=O) groups excluding carboxylic acids is 2. The van der Waals surface area contributed by atoms with Gasteiger partial charge in [-0.05, 0) is 43.9 Å². The molecule has 2 fully saturated rings. The van der Waals surface area contributed by atoms with Gasteiger partial charge in [-0.15, -0.1) is 0 Å². The molecule has 152 valence electrons. The molecule has 2 aromatic rings. The average molecular weight is 395 g/mol. The van der Waals surface area contributed by atoms with Crippen molar-refractivity contribution in [1.29, 1.82) is 0 Å². The van der Waals surface area contributed by atoms with Crippen molar-refractivity contribution >= 4 is 17.5 Å². The van der Waals surface area contributed by atoms with Crippen LogP contribution < -0.4 is 10.1 Å². The van der Waals surface area contributed by atoms with Crippen molar-refractivity contribution in [3.05, 3.63) is 48.7 Å². The predicted octanol–water partition coefficient (Wildman–Crippen LogP) is 3.23. The van der Waals surface area contributed by atoms with Gasteiger partial charge in [-0.2, -0.15) is 0 Å². The molecule has 2 amide bonds. The fraction of sp³-hybridized carbons (Fsp3) is 0.409. The van der Waals surface area contributed by atoms with Crippen LogP contribution in [0, 0.1) is 5.92 Å². The fourth-order valence-corrected chi connectivity index (χ4v) is 3.71. The number of piperidine rings is 1. The van der Waals surface area contributed by atoms with E-state index in [0.29, 0.717) is 49.9 Å². The summed E-state index contributed by atoms with van der Waals surface area (Å²) in [6, 6.07) is 12.9. The first-order valence-corrected chi connectivity index (χ1v) is 10.1. The first-order chi connectivity index (χ1) is 14.2. The second-order valence-corrected chi connectivity index (χ2v) is 7.39.